The summed E-state index contributed by atoms with van der Waals surface area (Å²) in [5, 5.41) is 15.4. The lowest BCUT2D eigenvalue weighted by Crippen LogP contribution is -2.50. The summed E-state index contributed by atoms with van der Waals surface area (Å²) >= 11 is 0. The summed E-state index contributed by atoms with van der Waals surface area (Å²) < 4.78 is 0. The minimum absolute atomic E-state index is 0.0328. The third-order valence-electron chi connectivity index (χ3n) is 3.91. The van der Waals surface area contributed by atoms with E-state index >= 15 is 0 Å². The minimum atomic E-state index is -0.476. The van der Waals surface area contributed by atoms with Crippen molar-refractivity contribution in [1.82, 2.24) is 5.32 Å². The van der Waals surface area contributed by atoms with Gasteiger partial charge >= 0.3 is 0 Å². The first-order chi connectivity index (χ1) is 9.13. The molecule has 1 aromatic rings. The summed E-state index contributed by atoms with van der Waals surface area (Å²) in [4.78, 5) is 12.5. The van der Waals surface area contributed by atoms with Crippen molar-refractivity contribution in [2.75, 3.05) is 11.9 Å². The molecule has 1 aliphatic rings. The van der Waals surface area contributed by atoms with E-state index < -0.39 is 5.54 Å². The largest absolute Gasteiger partial charge is 0.323 e. The highest BCUT2D eigenvalue weighted by atomic mass is 16.2. The minimum Gasteiger partial charge on any atom is -0.323 e. The Hall–Kier alpha value is -1.86. The van der Waals surface area contributed by atoms with Gasteiger partial charge in [-0.05, 0) is 44.4 Å². The molecule has 0 radical (unpaired) electrons. The number of carbonyl (C=O) groups is 1. The molecule has 2 N–H and O–H groups in total. The highest BCUT2D eigenvalue weighted by molar-refractivity contribution is 5.99. The zero-order valence-corrected chi connectivity index (χ0v) is 11.4. The molecule has 0 bridgehead atoms. The number of nitrogens with one attached hydrogen (secondary N) is 2. The molecule has 1 saturated heterocycles. The number of hydrogen-bond donors (Lipinski definition) is 2. The van der Waals surface area contributed by atoms with Crippen LogP contribution in [0.2, 0.25) is 0 Å². The standard InChI is InChI=1S/C15H19N3O/c1-3-15(8-5-9-17-15)14(19)18-13-7-4-6-11(2)12(13)10-16/h4,6-7,17H,3,5,8-9H2,1-2H3,(H,18,19). The molecular formula is C15H19N3O. The van der Waals surface area contributed by atoms with Gasteiger partial charge in [-0.2, -0.15) is 5.26 Å². The number of nitrogens with zero attached hydrogens (tertiary/aromatic N) is 1. The number of aryl methyl sites for hydroxylation is 1. The van der Waals surface area contributed by atoms with Crippen LogP contribution in [-0.2, 0) is 4.79 Å². The molecule has 1 heterocycles. The number of benzene rings is 1. The van der Waals surface area contributed by atoms with Crippen LogP contribution in [0.25, 0.3) is 0 Å². The van der Waals surface area contributed by atoms with Crippen molar-refractivity contribution in [3.05, 3.63) is 29.3 Å². The quantitative estimate of drug-likeness (QED) is 0.873. The topological polar surface area (TPSA) is 64.9 Å². The number of amides is 1. The Morgan fingerprint density at radius 3 is 2.95 bits per heavy atom. The molecule has 0 saturated carbocycles. The number of nitriles is 1. The predicted octanol–water partition coefficient (Wildman–Crippen LogP) is 2.34. The van der Waals surface area contributed by atoms with Gasteiger partial charge in [0.2, 0.25) is 5.91 Å². The van der Waals surface area contributed by atoms with Crippen molar-refractivity contribution >= 4 is 11.6 Å². The first-order valence-corrected chi connectivity index (χ1v) is 6.69. The van der Waals surface area contributed by atoms with Crippen LogP contribution >= 0.6 is 0 Å². The molecule has 100 valence electrons. The molecule has 0 aromatic heterocycles. The Kier molecular flexibility index (Phi) is 3.87. The van der Waals surface area contributed by atoms with Crippen LogP contribution in [0.4, 0.5) is 5.69 Å². The molecule has 0 aliphatic carbocycles. The third kappa shape index (κ3) is 2.47. The lowest BCUT2D eigenvalue weighted by atomic mass is 9.93. The van der Waals surface area contributed by atoms with E-state index in [2.05, 4.69) is 16.7 Å². The van der Waals surface area contributed by atoms with Crippen LogP contribution in [0.5, 0.6) is 0 Å². The van der Waals surface area contributed by atoms with Gasteiger partial charge in [-0.25, -0.2) is 0 Å². The predicted molar refractivity (Wildman–Crippen MR) is 74.8 cm³/mol. The molecule has 2 rings (SSSR count). The highest BCUT2D eigenvalue weighted by Crippen LogP contribution is 2.26. The van der Waals surface area contributed by atoms with Crippen LogP contribution < -0.4 is 10.6 Å². The van der Waals surface area contributed by atoms with E-state index in [0.717, 1.165) is 31.4 Å². The van der Waals surface area contributed by atoms with Crippen molar-refractivity contribution in [2.24, 2.45) is 0 Å². The molecule has 19 heavy (non-hydrogen) atoms. The second-order valence-corrected chi connectivity index (χ2v) is 5.03. The van der Waals surface area contributed by atoms with E-state index in [0.29, 0.717) is 11.3 Å². The lowest BCUT2D eigenvalue weighted by molar-refractivity contribution is -0.122. The summed E-state index contributed by atoms with van der Waals surface area (Å²) in [6.45, 7) is 4.76. The average molecular weight is 257 g/mol. The maximum atomic E-state index is 12.5. The molecule has 1 amide bonds. The Morgan fingerprint density at radius 2 is 2.37 bits per heavy atom. The maximum absolute atomic E-state index is 12.5. The number of carbonyl (C=O) groups excluding carboxylic acids is 1. The van der Waals surface area contributed by atoms with Gasteiger partial charge in [-0.15, -0.1) is 0 Å². The third-order valence-corrected chi connectivity index (χ3v) is 3.91. The summed E-state index contributed by atoms with van der Waals surface area (Å²) in [7, 11) is 0. The van der Waals surface area contributed by atoms with Crippen molar-refractivity contribution in [3.8, 4) is 6.07 Å². The Morgan fingerprint density at radius 1 is 1.58 bits per heavy atom. The van der Waals surface area contributed by atoms with Crippen molar-refractivity contribution < 1.29 is 4.79 Å². The number of anilines is 1. The van der Waals surface area contributed by atoms with Gasteiger partial charge in [0.1, 0.15) is 6.07 Å². The lowest BCUT2D eigenvalue weighted by Gasteiger charge is -2.27. The fraction of sp³-hybridized carbons (Fsp3) is 0.467. The summed E-state index contributed by atoms with van der Waals surface area (Å²) in [6.07, 6.45) is 2.62. The van der Waals surface area contributed by atoms with Crippen LogP contribution in [0.3, 0.4) is 0 Å². The zero-order valence-electron chi connectivity index (χ0n) is 11.4. The van der Waals surface area contributed by atoms with Crippen LogP contribution in [-0.4, -0.2) is 18.0 Å². The second kappa shape index (κ2) is 5.41. The second-order valence-electron chi connectivity index (χ2n) is 5.03. The molecule has 1 unspecified atom stereocenters. The fourth-order valence-corrected chi connectivity index (χ4v) is 2.62. The smallest absolute Gasteiger partial charge is 0.244 e. The van der Waals surface area contributed by atoms with Crippen LogP contribution in [0, 0.1) is 18.3 Å². The van der Waals surface area contributed by atoms with Gasteiger partial charge in [-0.1, -0.05) is 19.1 Å². The summed E-state index contributed by atoms with van der Waals surface area (Å²) in [5.74, 6) is -0.0328. The fourth-order valence-electron chi connectivity index (χ4n) is 2.62. The van der Waals surface area contributed by atoms with Gasteiger partial charge < -0.3 is 10.6 Å². The highest BCUT2D eigenvalue weighted by Gasteiger charge is 2.39. The Labute approximate surface area is 113 Å². The van der Waals surface area contributed by atoms with Gasteiger partial charge in [0.15, 0.2) is 0 Å². The van der Waals surface area contributed by atoms with E-state index in [1.165, 1.54) is 0 Å². The van der Waals surface area contributed by atoms with E-state index in [4.69, 9.17) is 0 Å². The molecule has 4 heteroatoms. The summed E-state index contributed by atoms with van der Waals surface area (Å²) in [6, 6.07) is 7.66. The average Bonchev–Trinajstić information content (AvgIpc) is 2.89. The van der Waals surface area contributed by atoms with Crippen molar-refractivity contribution in [1.29, 1.82) is 5.26 Å². The molecular weight excluding hydrogens is 238 g/mol. The molecule has 1 aliphatic heterocycles. The first-order valence-electron chi connectivity index (χ1n) is 6.69. The van der Waals surface area contributed by atoms with Gasteiger partial charge in [0.05, 0.1) is 16.8 Å². The molecule has 1 fully saturated rings. The molecule has 4 nitrogen and oxygen atoms in total. The van der Waals surface area contributed by atoms with Gasteiger partial charge in [-0.3, -0.25) is 4.79 Å². The SMILES string of the molecule is CCC1(C(=O)Nc2cccc(C)c2C#N)CCCN1. The van der Waals surface area contributed by atoms with E-state index in [1.807, 2.05) is 26.0 Å². The Balaban J connectivity index is 2.24. The van der Waals surface area contributed by atoms with E-state index in [1.54, 1.807) is 6.07 Å². The molecule has 1 aromatic carbocycles. The zero-order chi connectivity index (χ0) is 13.9. The van der Waals surface area contributed by atoms with Gasteiger partial charge in [0.25, 0.3) is 0 Å². The Bertz CT molecular complexity index is 525. The first kappa shape index (κ1) is 13.6. The molecule has 1 atom stereocenters. The van der Waals surface area contributed by atoms with Gasteiger partial charge in [0, 0.05) is 0 Å². The monoisotopic (exact) mass is 257 g/mol. The van der Waals surface area contributed by atoms with E-state index in [9.17, 15) is 10.1 Å². The number of hydrogen-bond acceptors (Lipinski definition) is 3. The molecule has 0 spiro atoms. The normalized spacial score (nSPS) is 21.9. The van der Waals surface area contributed by atoms with Crippen molar-refractivity contribution in [2.45, 2.75) is 38.6 Å². The van der Waals surface area contributed by atoms with Crippen LogP contribution in [0.1, 0.15) is 37.3 Å². The maximum Gasteiger partial charge on any atom is 0.244 e. The van der Waals surface area contributed by atoms with Crippen LogP contribution in [0.15, 0.2) is 18.2 Å². The van der Waals surface area contributed by atoms with E-state index in [-0.39, 0.29) is 5.91 Å². The van der Waals surface area contributed by atoms with Crippen molar-refractivity contribution in [3.63, 3.8) is 0 Å². The number of rotatable bonds is 3. The summed E-state index contributed by atoms with van der Waals surface area (Å²) in [5.41, 5.74) is 1.55.